The number of amides is 1. The lowest BCUT2D eigenvalue weighted by Crippen LogP contribution is -2.38. The summed E-state index contributed by atoms with van der Waals surface area (Å²) in [7, 11) is -3.59. The molecule has 11 heteroatoms. The number of benzene rings is 3. The van der Waals surface area contributed by atoms with E-state index in [0.29, 0.717) is 34.4 Å². The number of rotatable bonds is 4. The van der Waals surface area contributed by atoms with Gasteiger partial charge in [-0.25, -0.2) is 13.4 Å². The second kappa shape index (κ2) is 12.3. The highest BCUT2D eigenvalue weighted by molar-refractivity contribution is 7.90. The van der Waals surface area contributed by atoms with Gasteiger partial charge in [0.2, 0.25) is 5.91 Å². The summed E-state index contributed by atoms with van der Waals surface area (Å²) in [5.41, 5.74) is 5.57. The summed E-state index contributed by atoms with van der Waals surface area (Å²) in [6.07, 6.45) is 2.67. The van der Waals surface area contributed by atoms with Gasteiger partial charge < -0.3 is 15.6 Å². The highest BCUT2D eigenvalue weighted by atomic mass is 32.2. The first-order valence-electron chi connectivity index (χ1n) is 14.5. The Bertz CT molecular complexity index is 1910. The van der Waals surface area contributed by atoms with Crippen molar-refractivity contribution in [2.75, 3.05) is 23.4 Å². The molecule has 0 spiro atoms. The second-order valence-electron chi connectivity index (χ2n) is 11.8. The van der Waals surface area contributed by atoms with Crippen LogP contribution < -0.4 is 16.2 Å². The Labute approximate surface area is 256 Å². The minimum Gasteiger partial charge on any atom is -0.372 e. The molecule has 0 fully saturated rings. The van der Waals surface area contributed by atoms with Gasteiger partial charge in [-0.15, -0.1) is 0 Å². The fourth-order valence-electron chi connectivity index (χ4n) is 5.74. The fraction of sp³-hybridized carbons (Fsp3) is 0.333. The third-order valence-corrected chi connectivity index (χ3v) is 9.35. The van der Waals surface area contributed by atoms with Crippen molar-refractivity contribution in [3.05, 3.63) is 93.0 Å². The molecule has 1 amide bonds. The van der Waals surface area contributed by atoms with Gasteiger partial charge in [0.25, 0.3) is 5.56 Å². The average Bonchev–Trinajstić information content (AvgIpc) is 2.95. The molecular weight excluding hydrogens is 578 g/mol. The maximum absolute atomic E-state index is 14.0. The van der Waals surface area contributed by atoms with Crippen molar-refractivity contribution >= 4 is 43.8 Å². The van der Waals surface area contributed by atoms with Crippen molar-refractivity contribution in [3.8, 4) is 0 Å². The largest absolute Gasteiger partial charge is 0.372 e. The number of H-pyrrole nitrogens is 1. The Morgan fingerprint density at radius 1 is 0.955 bits per heavy atom. The van der Waals surface area contributed by atoms with Crippen molar-refractivity contribution in [1.29, 1.82) is 0 Å². The Morgan fingerprint density at radius 2 is 1.68 bits per heavy atom. The molecule has 2 aliphatic heterocycles. The summed E-state index contributed by atoms with van der Waals surface area (Å²) in [5, 5.41) is 6.66. The first-order valence-corrected chi connectivity index (χ1v) is 16.4. The van der Waals surface area contributed by atoms with E-state index in [1.54, 1.807) is 30.3 Å². The lowest BCUT2D eigenvalue weighted by atomic mass is 9.91. The van der Waals surface area contributed by atoms with Crippen LogP contribution in [0.25, 0.3) is 10.9 Å². The number of nitrogens with one attached hydrogen (secondary N) is 3. The van der Waals surface area contributed by atoms with Crippen LogP contribution in [0.15, 0.2) is 64.5 Å². The molecule has 4 aromatic rings. The number of hydrogen-bond donors (Lipinski definition) is 3. The lowest BCUT2D eigenvalue weighted by Gasteiger charge is -2.29. The van der Waals surface area contributed by atoms with Gasteiger partial charge in [-0.05, 0) is 98.3 Å². The maximum Gasteiger partial charge on any atom is 0.258 e. The van der Waals surface area contributed by atoms with Gasteiger partial charge in [-0.2, -0.15) is 0 Å². The predicted octanol–water partition coefficient (Wildman–Crippen LogP) is 4.46. The van der Waals surface area contributed by atoms with E-state index < -0.39 is 15.9 Å². The molecule has 3 N–H and O–H groups in total. The summed E-state index contributed by atoms with van der Waals surface area (Å²) >= 11 is 0. The molecule has 0 saturated heterocycles. The number of Topliss-reactive ketones (excluding diaryl/α,β-unsaturated/α-hetero) is 1. The molecule has 3 aromatic carbocycles. The first kappa shape index (κ1) is 31.1. The number of carbonyl (C=O) groups excluding carboxylic acids is 2. The smallest absolute Gasteiger partial charge is 0.258 e. The summed E-state index contributed by atoms with van der Waals surface area (Å²) in [6, 6.07) is 13.2. The van der Waals surface area contributed by atoms with Gasteiger partial charge in [0.15, 0.2) is 15.6 Å². The lowest BCUT2D eigenvalue weighted by molar-refractivity contribution is -0.120. The van der Waals surface area contributed by atoms with Crippen LogP contribution in [-0.4, -0.2) is 53.8 Å². The van der Waals surface area contributed by atoms with E-state index >= 15 is 0 Å². The van der Waals surface area contributed by atoms with Crippen molar-refractivity contribution in [3.63, 3.8) is 0 Å². The standard InChI is InChI=1S/C33H37N5O5S/c1-19(2)38-16-27-20(3)12-23(13-21(27)4)32(37-25-7-9-28-26(15-25)33(41)35-18-34-28)29(39)10-6-22-14-24(36-31(40)17-38)8-11-30(22)44(5,42)43/h7-9,11-15,18-19,32,37H,6,10,16-17H2,1-5H3,(H,36,40)(H,34,35,41). The molecule has 1 unspecified atom stereocenters. The molecule has 44 heavy (non-hydrogen) atoms. The van der Waals surface area contributed by atoms with E-state index in [4.69, 9.17) is 0 Å². The molecule has 0 saturated carbocycles. The van der Waals surface area contributed by atoms with Gasteiger partial charge in [0.05, 0.1) is 28.7 Å². The van der Waals surface area contributed by atoms with E-state index in [9.17, 15) is 22.8 Å². The van der Waals surface area contributed by atoms with Crippen LogP contribution in [0.1, 0.15) is 54.1 Å². The van der Waals surface area contributed by atoms with E-state index in [-0.39, 0.29) is 47.6 Å². The molecule has 1 aromatic heterocycles. The number of nitrogens with zero attached hydrogens (tertiary/aromatic N) is 2. The van der Waals surface area contributed by atoms with Crippen LogP contribution in [-0.2, 0) is 32.4 Å². The zero-order chi connectivity index (χ0) is 31.8. The van der Waals surface area contributed by atoms with Crippen LogP contribution in [0.2, 0.25) is 0 Å². The molecule has 4 bridgehead atoms. The van der Waals surface area contributed by atoms with E-state index in [0.717, 1.165) is 28.5 Å². The van der Waals surface area contributed by atoms with Crippen molar-refractivity contribution in [2.45, 2.75) is 64.1 Å². The number of aryl methyl sites for hydroxylation is 3. The number of fused-ring (bicyclic) bond motifs is 10. The summed E-state index contributed by atoms with van der Waals surface area (Å²) in [5.74, 6) is -0.359. The van der Waals surface area contributed by atoms with Gasteiger partial charge >= 0.3 is 0 Å². The van der Waals surface area contributed by atoms with Crippen molar-refractivity contribution < 1.29 is 18.0 Å². The van der Waals surface area contributed by atoms with E-state index in [1.165, 1.54) is 12.4 Å². The minimum atomic E-state index is -3.59. The zero-order valence-corrected chi connectivity index (χ0v) is 26.3. The number of sulfone groups is 1. The summed E-state index contributed by atoms with van der Waals surface area (Å²) < 4.78 is 25.3. The first-order chi connectivity index (χ1) is 20.8. The monoisotopic (exact) mass is 615 g/mol. The molecule has 0 radical (unpaired) electrons. The average molecular weight is 616 g/mol. The predicted molar refractivity (Wildman–Crippen MR) is 172 cm³/mol. The van der Waals surface area contributed by atoms with E-state index in [2.05, 4.69) is 25.5 Å². The van der Waals surface area contributed by atoms with Crippen LogP contribution in [0.5, 0.6) is 0 Å². The topological polar surface area (TPSA) is 141 Å². The summed E-state index contributed by atoms with van der Waals surface area (Å²) in [6.45, 7) is 8.76. The Hall–Kier alpha value is -4.35. The second-order valence-corrected chi connectivity index (χ2v) is 13.8. The zero-order valence-electron chi connectivity index (χ0n) is 25.5. The molecule has 10 nitrogen and oxygen atoms in total. The molecule has 2 aliphatic rings. The number of carbonyl (C=O) groups is 2. The third-order valence-electron chi connectivity index (χ3n) is 8.15. The van der Waals surface area contributed by atoms with Crippen molar-refractivity contribution in [2.24, 2.45) is 0 Å². The number of ketones is 1. The van der Waals surface area contributed by atoms with Gasteiger partial charge in [0.1, 0.15) is 6.04 Å². The van der Waals surface area contributed by atoms with E-state index in [1.807, 2.05) is 39.8 Å². The Balaban J connectivity index is 1.62. The van der Waals surface area contributed by atoms with Crippen LogP contribution >= 0.6 is 0 Å². The maximum atomic E-state index is 14.0. The molecule has 6 rings (SSSR count). The molecule has 3 heterocycles. The number of hydrogen-bond acceptors (Lipinski definition) is 8. The minimum absolute atomic E-state index is 0.0360. The normalized spacial score (nSPS) is 16.8. The highest BCUT2D eigenvalue weighted by Crippen LogP contribution is 2.30. The van der Waals surface area contributed by atoms with Crippen LogP contribution in [0, 0.1) is 13.8 Å². The Morgan fingerprint density at radius 3 is 2.36 bits per heavy atom. The SMILES string of the molecule is Cc1cc2cc(C)c1CN(C(C)C)CC(=O)Nc1ccc(S(C)(=O)=O)c(c1)CCC(=O)C2Nc1ccc2nc[nH]c(=O)c2c1. The quantitative estimate of drug-likeness (QED) is 0.306. The number of anilines is 2. The number of aromatic nitrogens is 2. The highest BCUT2D eigenvalue weighted by Gasteiger charge is 2.25. The molecule has 230 valence electrons. The van der Waals surface area contributed by atoms with Gasteiger partial charge in [0, 0.05) is 36.6 Å². The summed E-state index contributed by atoms with van der Waals surface area (Å²) in [4.78, 5) is 48.6. The Kier molecular flexibility index (Phi) is 8.71. The molecule has 0 aliphatic carbocycles. The fourth-order valence-corrected chi connectivity index (χ4v) is 6.70. The van der Waals surface area contributed by atoms with Crippen LogP contribution in [0.4, 0.5) is 11.4 Å². The van der Waals surface area contributed by atoms with Gasteiger partial charge in [-0.3, -0.25) is 19.3 Å². The third kappa shape index (κ3) is 6.74. The molecular formula is C33H37N5O5S. The van der Waals surface area contributed by atoms with Crippen LogP contribution in [0.3, 0.4) is 0 Å². The van der Waals surface area contributed by atoms with Gasteiger partial charge in [-0.1, -0.05) is 12.1 Å². The molecule has 1 atom stereocenters. The van der Waals surface area contributed by atoms with Crippen molar-refractivity contribution in [1.82, 2.24) is 14.9 Å². The number of aromatic amines is 1.